The molecule has 1 rings (SSSR count). The van der Waals surface area contributed by atoms with Crippen LogP contribution in [0.25, 0.3) is 0 Å². The molecular weight excluding hydrogens is 128 g/mol. The van der Waals surface area contributed by atoms with Gasteiger partial charge in [-0.1, -0.05) is 6.92 Å². The molecular formula is C7H16N2O. The van der Waals surface area contributed by atoms with E-state index >= 15 is 0 Å². The molecule has 1 aliphatic heterocycles. The molecule has 60 valence electrons. The third kappa shape index (κ3) is 1.68. The molecule has 0 bridgehead atoms. The maximum absolute atomic E-state index is 5.00. The zero-order valence-electron chi connectivity index (χ0n) is 6.55. The second-order valence-corrected chi connectivity index (χ2v) is 2.76. The Morgan fingerprint density at radius 2 is 2.50 bits per heavy atom. The largest absolute Gasteiger partial charge is 0.303 e. The van der Waals surface area contributed by atoms with Gasteiger partial charge in [0.25, 0.3) is 0 Å². The summed E-state index contributed by atoms with van der Waals surface area (Å²) in [5, 5.41) is 0. The van der Waals surface area contributed by atoms with E-state index in [2.05, 4.69) is 16.7 Å². The highest BCUT2D eigenvalue weighted by Gasteiger charge is 2.22. The van der Waals surface area contributed by atoms with Gasteiger partial charge in [-0.3, -0.25) is 4.90 Å². The summed E-state index contributed by atoms with van der Waals surface area (Å²) in [6, 6.07) is 0.579. The van der Waals surface area contributed by atoms with Gasteiger partial charge in [0, 0.05) is 6.04 Å². The van der Waals surface area contributed by atoms with E-state index in [-0.39, 0.29) is 0 Å². The molecule has 3 heteroatoms. The van der Waals surface area contributed by atoms with Crippen molar-refractivity contribution in [2.24, 2.45) is 5.90 Å². The lowest BCUT2D eigenvalue weighted by molar-refractivity contribution is 0.0799. The Morgan fingerprint density at radius 1 is 1.70 bits per heavy atom. The normalized spacial score (nSPS) is 27.6. The molecule has 0 aromatic rings. The average molecular weight is 144 g/mol. The molecule has 0 aromatic heterocycles. The number of hydrogen-bond donors (Lipinski definition) is 1. The van der Waals surface area contributed by atoms with Crippen molar-refractivity contribution in [3.63, 3.8) is 0 Å². The summed E-state index contributed by atoms with van der Waals surface area (Å²) >= 11 is 0. The lowest BCUT2D eigenvalue weighted by Gasteiger charge is -2.20. The minimum atomic E-state index is 0.579. The van der Waals surface area contributed by atoms with Crippen LogP contribution in [0.5, 0.6) is 0 Å². The van der Waals surface area contributed by atoms with E-state index < -0.39 is 0 Å². The summed E-state index contributed by atoms with van der Waals surface area (Å²) < 4.78 is 0. The molecule has 10 heavy (non-hydrogen) atoms. The standard InChI is InChI=1S/C7H16N2O/c1-2-9-5-3-4-7(9)6-10-8/h7H,2-6,8H2,1H3. The van der Waals surface area contributed by atoms with Crippen LogP contribution in [0.4, 0.5) is 0 Å². The number of rotatable bonds is 3. The number of hydrogen-bond acceptors (Lipinski definition) is 3. The molecule has 1 fully saturated rings. The van der Waals surface area contributed by atoms with Crippen LogP contribution >= 0.6 is 0 Å². The third-order valence-corrected chi connectivity index (χ3v) is 2.19. The Morgan fingerprint density at radius 3 is 3.10 bits per heavy atom. The van der Waals surface area contributed by atoms with Crippen molar-refractivity contribution in [2.45, 2.75) is 25.8 Å². The Balaban J connectivity index is 2.27. The van der Waals surface area contributed by atoms with Crippen LogP contribution in [0.1, 0.15) is 19.8 Å². The molecule has 1 heterocycles. The topological polar surface area (TPSA) is 38.5 Å². The van der Waals surface area contributed by atoms with Crippen LogP contribution in [-0.2, 0) is 4.84 Å². The van der Waals surface area contributed by atoms with Gasteiger partial charge in [0.05, 0.1) is 6.61 Å². The van der Waals surface area contributed by atoms with Crippen LogP contribution in [0.15, 0.2) is 0 Å². The molecule has 1 unspecified atom stereocenters. The fourth-order valence-corrected chi connectivity index (χ4v) is 1.61. The first-order valence-corrected chi connectivity index (χ1v) is 3.94. The third-order valence-electron chi connectivity index (χ3n) is 2.19. The first-order chi connectivity index (χ1) is 4.88. The zero-order valence-corrected chi connectivity index (χ0v) is 6.55. The minimum absolute atomic E-state index is 0.579. The quantitative estimate of drug-likeness (QED) is 0.581. The Bertz CT molecular complexity index is 97.6. The molecule has 0 spiro atoms. The zero-order chi connectivity index (χ0) is 7.40. The SMILES string of the molecule is CCN1CCCC1CON. The van der Waals surface area contributed by atoms with Gasteiger partial charge >= 0.3 is 0 Å². The number of likely N-dealkylation sites (tertiary alicyclic amines) is 1. The molecule has 0 amide bonds. The number of nitrogens with zero attached hydrogens (tertiary/aromatic N) is 1. The fourth-order valence-electron chi connectivity index (χ4n) is 1.61. The lowest BCUT2D eigenvalue weighted by Crippen LogP contribution is -2.33. The summed E-state index contributed by atoms with van der Waals surface area (Å²) in [4.78, 5) is 7.03. The van der Waals surface area contributed by atoms with Crippen LogP contribution in [0.2, 0.25) is 0 Å². The van der Waals surface area contributed by atoms with Gasteiger partial charge in [0.15, 0.2) is 0 Å². The van der Waals surface area contributed by atoms with Crippen LogP contribution in [0, 0.1) is 0 Å². The van der Waals surface area contributed by atoms with Crippen molar-refractivity contribution in [2.75, 3.05) is 19.7 Å². The Kier molecular flexibility index (Phi) is 3.12. The molecule has 3 nitrogen and oxygen atoms in total. The van der Waals surface area contributed by atoms with Crippen molar-refractivity contribution in [1.82, 2.24) is 4.90 Å². The van der Waals surface area contributed by atoms with E-state index in [0.29, 0.717) is 12.6 Å². The van der Waals surface area contributed by atoms with Crippen LogP contribution < -0.4 is 5.90 Å². The predicted octanol–water partition coefficient (Wildman–Crippen LogP) is 0.361. The maximum atomic E-state index is 5.00. The maximum Gasteiger partial charge on any atom is 0.0834 e. The van der Waals surface area contributed by atoms with Gasteiger partial charge in [-0.2, -0.15) is 0 Å². The van der Waals surface area contributed by atoms with E-state index in [9.17, 15) is 0 Å². The number of likely N-dealkylation sites (N-methyl/N-ethyl adjacent to an activating group) is 1. The smallest absolute Gasteiger partial charge is 0.0834 e. The van der Waals surface area contributed by atoms with Gasteiger partial charge < -0.3 is 4.84 Å². The molecule has 0 saturated carbocycles. The molecule has 1 saturated heterocycles. The molecule has 1 atom stereocenters. The van der Waals surface area contributed by atoms with E-state index in [1.54, 1.807) is 0 Å². The highest BCUT2D eigenvalue weighted by molar-refractivity contribution is 4.77. The number of nitrogens with two attached hydrogens (primary N) is 1. The Hall–Kier alpha value is -0.120. The first-order valence-electron chi connectivity index (χ1n) is 3.94. The van der Waals surface area contributed by atoms with Crippen molar-refractivity contribution in [3.8, 4) is 0 Å². The van der Waals surface area contributed by atoms with Crippen molar-refractivity contribution in [3.05, 3.63) is 0 Å². The van der Waals surface area contributed by atoms with Gasteiger partial charge in [0.2, 0.25) is 0 Å². The lowest BCUT2D eigenvalue weighted by atomic mass is 10.2. The molecule has 2 N–H and O–H groups in total. The first kappa shape index (κ1) is 7.98. The summed E-state index contributed by atoms with van der Waals surface area (Å²) in [6.07, 6.45) is 2.53. The molecule has 0 aliphatic carbocycles. The molecule has 0 radical (unpaired) electrons. The van der Waals surface area contributed by atoms with Crippen molar-refractivity contribution >= 4 is 0 Å². The predicted molar refractivity (Wildman–Crippen MR) is 40.4 cm³/mol. The summed E-state index contributed by atoms with van der Waals surface area (Å²) in [6.45, 7) is 5.20. The molecule has 0 aromatic carbocycles. The van der Waals surface area contributed by atoms with E-state index in [4.69, 9.17) is 5.90 Å². The summed E-state index contributed by atoms with van der Waals surface area (Å²) in [5.41, 5.74) is 0. The van der Waals surface area contributed by atoms with E-state index in [1.807, 2.05) is 0 Å². The van der Waals surface area contributed by atoms with Gasteiger partial charge in [-0.05, 0) is 25.9 Å². The monoisotopic (exact) mass is 144 g/mol. The average Bonchev–Trinajstić information content (AvgIpc) is 2.36. The minimum Gasteiger partial charge on any atom is -0.303 e. The highest BCUT2D eigenvalue weighted by atomic mass is 16.6. The summed E-state index contributed by atoms with van der Waals surface area (Å²) in [5.74, 6) is 5.00. The highest BCUT2D eigenvalue weighted by Crippen LogP contribution is 2.15. The van der Waals surface area contributed by atoms with Gasteiger partial charge in [-0.25, -0.2) is 5.90 Å². The van der Waals surface area contributed by atoms with Crippen LogP contribution in [0.3, 0.4) is 0 Å². The Labute approximate surface area is 62.1 Å². The van der Waals surface area contributed by atoms with Gasteiger partial charge in [0.1, 0.15) is 0 Å². The van der Waals surface area contributed by atoms with Gasteiger partial charge in [-0.15, -0.1) is 0 Å². The molecule has 1 aliphatic rings. The summed E-state index contributed by atoms with van der Waals surface area (Å²) in [7, 11) is 0. The second kappa shape index (κ2) is 3.91. The fraction of sp³-hybridized carbons (Fsp3) is 1.00. The van der Waals surface area contributed by atoms with E-state index in [0.717, 1.165) is 6.54 Å². The van der Waals surface area contributed by atoms with Crippen molar-refractivity contribution < 1.29 is 4.84 Å². The van der Waals surface area contributed by atoms with E-state index in [1.165, 1.54) is 19.4 Å². The van der Waals surface area contributed by atoms with Crippen LogP contribution in [-0.4, -0.2) is 30.6 Å². The van der Waals surface area contributed by atoms with Crippen molar-refractivity contribution in [1.29, 1.82) is 0 Å². The second-order valence-electron chi connectivity index (χ2n) is 2.76.